The number of hydrogen-bond donors (Lipinski definition) is 1. The summed E-state index contributed by atoms with van der Waals surface area (Å²) >= 11 is 0. The van der Waals surface area contributed by atoms with Crippen molar-refractivity contribution in [2.45, 2.75) is 34.1 Å². The minimum absolute atomic E-state index is 0.0286. The Morgan fingerprint density at radius 3 is 2.30 bits per heavy atom. The van der Waals surface area contributed by atoms with Gasteiger partial charge in [0.2, 0.25) is 5.91 Å². The normalized spacial score (nSPS) is 10.4. The monoisotopic (exact) mass is 267 g/mol. The summed E-state index contributed by atoms with van der Waals surface area (Å²) in [6.07, 6.45) is 0.930. The number of rotatable bonds is 3. The lowest BCUT2D eigenvalue weighted by molar-refractivity contribution is -0.114. The molecule has 2 heteroatoms. The lowest BCUT2D eigenvalue weighted by Crippen LogP contribution is -2.08. The molecule has 2 rings (SSSR count). The topological polar surface area (TPSA) is 29.1 Å². The molecule has 0 aliphatic heterocycles. The molecule has 2 aromatic carbocycles. The molecule has 1 amide bonds. The molecule has 0 bridgehead atoms. The molecule has 0 radical (unpaired) electrons. The van der Waals surface area contributed by atoms with Crippen LogP contribution in [0, 0.1) is 20.8 Å². The van der Waals surface area contributed by atoms with Gasteiger partial charge in [-0.25, -0.2) is 0 Å². The van der Waals surface area contributed by atoms with Crippen LogP contribution in [0.25, 0.3) is 0 Å². The summed E-state index contributed by atoms with van der Waals surface area (Å²) in [4.78, 5) is 11.2. The summed E-state index contributed by atoms with van der Waals surface area (Å²) < 4.78 is 0. The summed E-state index contributed by atoms with van der Waals surface area (Å²) in [5.41, 5.74) is 7.20. The maximum Gasteiger partial charge on any atom is 0.221 e. The molecular formula is C18H21NO. The highest BCUT2D eigenvalue weighted by molar-refractivity contribution is 5.89. The Morgan fingerprint density at radius 1 is 0.950 bits per heavy atom. The Labute approximate surface area is 120 Å². The first-order chi connectivity index (χ1) is 9.47. The predicted molar refractivity (Wildman–Crippen MR) is 84.2 cm³/mol. The highest BCUT2D eigenvalue weighted by Gasteiger charge is 2.07. The van der Waals surface area contributed by atoms with E-state index < -0.39 is 0 Å². The van der Waals surface area contributed by atoms with Crippen LogP contribution in [0.3, 0.4) is 0 Å². The molecule has 0 unspecified atom stereocenters. The van der Waals surface area contributed by atoms with Gasteiger partial charge in [-0.15, -0.1) is 0 Å². The molecule has 0 saturated carbocycles. The van der Waals surface area contributed by atoms with Crippen LogP contribution in [-0.2, 0) is 11.2 Å². The Balaban J connectivity index is 2.32. The standard InChI is InChI=1S/C18H21NO/c1-12-7-5-6-8-16(12)11-17-9-14(3)18(10-13(17)2)19-15(4)20/h5-10H,11H2,1-4H3,(H,19,20). The van der Waals surface area contributed by atoms with E-state index in [0.29, 0.717) is 0 Å². The van der Waals surface area contributed by atoms with Gasteiger partial charge in [0.25, 0.3) is 0 Å². The first-order valence-corrected chi connectivity index (χ1v) is 6.89. The third kappa shape index (κ3) is 3.27. The van der Waals surface area contributed by atoms with Gasteiger partial charge in [-0.2, -0.15) is 0 Å². The van der Waals surface area contributed by atoms with Crippen molar-refractivity contribution in [3.05, 3.63) is 64.2 Å². The van der Waals surface area contributed by atoms with E-state index in [4.69, 9.17) is 0 Å². The van der Waals surface area contributed by atoms with Crippen LogP contribution < -0.4 is 5.32 Å². The third-order valence-electron chi connectivity index (χ3n) is 3.64. The number of hydrogen-bond acceptors (Lipinski definition) is 1. The number of anilines is 1. The summed E-state index contributed by atoms with van der Waals surface area (Å²) in [6.45, 7) is 7.81. The highest BCUT2D eigenvalue weighted by atomic mass is 16.1. The van der Waals surface area contributed by atoms with E-state index in [2.05, 4.69) is 55.6 Å². The second-order valence-electron chi connectivity index (χ2n) is 5.38. The van der Waals surface area contributed by atoms with Gasteiger partial charge in [0.05, 0.1) is 0 Å². The van der Waals surface area contributed by atoms with Gasteiger partial charge in [0.15, 0.2) is 0 Å². The zero-order valence-electron chi connectivity index (χ0n) is 12.6. The number of amides is 1. The SMILES string of the molecule is CC(=O)Nc1cc(C)c(Cc2ccccc2C)cc1C. The fraction of sp³-hybridized carbons (Fsp3) is 0.278. The largest absolute Gasteiger partial charge is 0.326 e. The van der Waals surface area contributed by atoms with Crippen molar-refractivity contribution >= 4 is 11.6 Å². The highest BCUT2D eigenvalue weighted by Crippen LogP contribution is 2.23. The molecule has 20 heavy (non-hydrogen) atoms. The van der Waals surface area contributed by atoms with Gasteiger partial charge in [0.1, 0.15) is 0 Å². The lowest BCUT2D eigenvalue weighted by Gasteiger charge is -2.13. The molecule has 0 aliphatic rings. The van der Waals surface area contributed by atoms with Crippen LogP contribution in [-0.4, -0.2) is 5.91 Å². The average molecular weight is 267 g/mol. The summed E-state index contributed by atoms with van der Waals surface area (Å²) in [5.74, 6) is -0.0286. The molecule has 0 atom stereocenters. The van der Waals surface area contributed by atoms with E-state index in [-0.39, 0.29) is 5.91 Å². The van der Waals surface area contributed by atoms with Crippen molar-refractivity contribution in [3.8, 4) is 0 Å². The van der Waals surface area contributed by atoms with Crippen molar-refractivity contribution in [1.29, 1.82) is 0 Å². The first kappa shape index (κ1) is 14.3. The summed E-state index contributed by atoms with van der Waals surface area (Å²) in [6, 6.07) is 12.7. The fourth-order valence-corrected chi connectivity index (χ4v) is 2.40. The van der Waals surface area contributed by atoms with E-state index in [0.717, 1.165) is 17.7 Å². The zero-order chi connectivity index (χ0) is 14.7. The Hall–Kier alpha value is -2.09. The van der Waals surface area contributed by atoms with E-state index >= 15 is 0 Å². The molecule has 0 heterocycles. The van der Waals surface area contributed by atoms with Crippen LogP contribution >= 0.6 is 0 Å². The maximum absolute atomic E-state index is 11.2. The first-order valence-electron chi connectivity index (χ1n) is 6.89. The molecule has 2 aromatic rings. The zero-order valence-corrected chi connectivity index (χ0v) is 12.6. The molecular weight excluding hydrogens is 246 g/mol. The molecule has 0 saturated heterocycles. The minimum Gasteiger partial charge on any atom is -0.326 e. The Morgan fingerprint density at radius 2 is 1.65 bits per heavy atom. The maximum atomic E-state index is 11.2. The number of aryl methyl sites for hydroxylation is 3. The molecule has 1 N–H and O–H groups in total. The molecule has 0 fully saturated rings. The van der Waals surface area contributed by atoms with E-state index in [1.165, 1.54) is 29.2 Å². The molecule has 0 spiro atoms. The van der Waals surface area contributed by atoms with Crippen molar-refractivity contribution in [1.82, 2.24) is 0 Å². The summed E-state index contributed by atoms with van der Waals surface area (Å²) in [5, 5.41) is 2.88. The van der Waals surface area contributed by atoms with Gasteiger partial charge in [-0.05, 0) is 61.1 Å². The van der Waals surface area contributed by atoms with E-state index in [1.807, 2.05) is 6.92 Å². The van der Waals surface area contributed by atoms with Crippen LogP contribution in [0.1, 0.15) is 34.7 Å². The van der Waals surface area contributed by atoms with E-state index in [9.17, 15) is 4.79 Å². The van der Waals surface area contributed by atoms with Gasteiger partial charge in [-0.3, -0.25) is 4.79 Å². The predicted octanol–water partition coefficient (Wildman–Crippen LogP) is 4.16. The van der Waals surface area contributed by atoms with Crippen molar-refractivity contribution in [2.24, 2.45) is 0 Å². The van der Waals surface area contributed by atoms with Gasteiger partial charge < -0.3 is 5.32 Å². The smallest absolute Gasteiger partial charge is 0.221 e. The number of carbonyl (C=O) groups is 1. The molecule has 0 aromatic heterocycles. The molecule has 104 valence electrons. The van der Waals surface area contributed by atoms with Crippen LogP contribution in [0.2, 0.25) is 0 Å². The van der Waals surface area contributed by atoms with Crippen LogP contribution in [0.4, 0.5) is 5.69 Å². The average Bonchev–Trinajstić information content (AvgIpc) is 2.37. The van der Waals surface area contributed by atoms with Crippen molar-refractivity contribution < 1.29 is 4.79 Å². The Kier molecular flexibility index (Phi) is 4.23. The lowest BCUT2D eigenvalue weighted by atomic mass is 9.95. The Bertz CT molecular complexity index is 644. The van der Waals surface area contributed by atoms with Crippen LogP contribution in [0.15, 0.2) is 36.4 Å². The molecule has 0 aliphatic carbocycles. The van der Waals surface area contributed by atoms with Crippen molar-refractivity contribution in [3.63, 3.8) is 0 Å². The summed E-state index contributed by atoms with van der Waals surface area (Å²) in [7, 11) is 0. The van der Waals surface area contributed by atoms with Gasteiger partial charge in [-0.1, -0.05) is 30.3 Å². The second-order valence-corrected chi connectivity index (χ2v) is 5.38. The number of carbonyl (C=O) groups excluding carboxylic acids is 1. The minimum atomic E-state index is -0.0286. The van der Waals surface area contributed by atoms with Crippen LogP contribution in [0.5, 0.6) is 0 Å². The molecule has 2 nitrogen and oxygen atoms in total. The third-order valence-corrected chi connectivity index (χ3v) is 3.64. The number of nitrogens with one attached hydrogen (secondary N) is 1. The van der Waals surface area contributed by atoms with E-state index in [1.54, 1.807) is 0 Å². The van der Waals surface area contributed by atoms with Crippen molar-refractivity contribution in [2.75, 3.05) is 5.32 Å². The van der Waals surface area contributed by atoms with Gasteiger partial charge >= 0.3 is 0 Å². The van der Waals surface area contributed by atoms with Gasteiger partial charge in [0, 0.05) is 12.6 Å². The number of benzene rings is 2. The fourth-order valence-electron chi connectivity index (χ4n) is 2.40. The quantitative estimate of drug-likeness (QED) is 0.888. The second kappa shape index (κ2) is 5.91.